The molecule has 0 saturated carbocycles. The van der Waals surface area contributed by atoms with Crippen LogP contribution < -0.4 is 15.6 Å². The lowest BCUT2D eigenvalue weighted by Crippen LogP contribution is -1.90. The Kier molecular flexibility index (Phi) is 2.89. The number of hydrogen-bond donors (Lipinski definition) is 2. The lowest BCUT2D eigenvalue weighted by Gasteiger charge is -2.09. The van der Waals surface area contributed by atoms with Crippen LogP contribution in [0.25, 0.3) is 11.1 Å². The average molecular weight is 258 g/mol. The molecule has 0 radical (unpaired) electrons. The smallest absolute Gasteiger partial charge is 0.137 e. The van der Waals surface area contributed by atoms with E-state index < -0.39 is 0 Å². The van der Waals surface area contributed by atoms with Crippen molar-refractivity contribution in [2.24, 2.45) is 5.14 Å². The Bertz CT molecular complexity index is 598. The highest BCUT2D eigenvalue weighted by Gasteiger charge is 2.18. The second kappa shape index (κ2) is 4.55. The number of ether oxygens (including phenoxy) is 1. The fourth-order valence-electron chi connectivity index (χ4n) is 2.24. The molecule has 2 aromatic rings. The highest BCUT2D eigenvalue weighted by Crippen LogP contribution is 2.38. The van der Waals surface area contributed by atoms with Crippen LogP contribution in [0.3, 0.4) is 0 Å². The summed E-state index contributed by atoms with van der Waals surface area (Å²) in [7, 11) is 0. The predicted molar refractivity (Wildman–Crippen MR) is 75.5 cm³/mol. The normalized spacial score (nSPS) is 13.2. The summed E-state index contributed by atoms with van der Waals surface area (Å²) in [6, 6.07) is 12.1. The molecule has 0 unspecified atom stereocenters. The van der Waals surface area contributed by atoms with Gasteiger partial charge in [0.05, 0.1) is 11.5 Å². The maximum absolute atomic E-state index is 5.82. The lowest BCUT2D eigenvalue weighted by atomic mass is 10.0. The molecule has 18 heavy (non-hydrogen) atoms. The van der Waals surface area contributed by atoms with E-state index in [-0.39, 0.29) is 0 Å². The summed E-state index contributed by atoms with van der Waals surface area (Å²) in [5, 5.41) is 5.71. The summed E-state index contributed by atoms with van der Waals surface area (Å²) < 4.78 is 5.61. The van der Waals surface area contributed by atoms with Gasteiger partial charge in [0.1, 0.15) is 5.75 Å². The van der Waals surface area contributed by atoms with Gasteiger partial charge >= 0.3 is 0 Å². The molecule has 4 N–H and O–H groups in total. The van der Waals surface area contributed by atoms with Crippen LogP contribution in [0.4, 0.5) is 5.69 Å². The Morgan fingerprint density at radius 3 is 2.78 bits per heavy atom. The summed E-state index contributed by atoms with van der Waals surface area (Å²) in [6.07, 6.45) is 0.944. The third kappa shape index (κ3) is 1.94. The molecular formula is C14H14N2OS. The van der Waals surface area contributed by atoms with Gasteiger partial charge in [0, 0.05) is 12.1 Å². The van der Waals surface area contributed by atoms with E-state index in [1.54, 1.807) is 0 Å². The molecule has 3 nitrogen and oxygen atoms in total. The van der Waals surface area contributed by atoms with Crippen LogP contribution >= 0.6 is 11.9 Å². The molecule has 0 aliphatic carbocycles. The zero-order chi connectivity index (χ0) is 12.5. The van der Waals surface area contributed by atoms with E-state index in [2.05, 4.69) is 18.2 Å². The van der Waals surface area contributed by atoms with Crippen LogP contribution in [0, 0.1) is 0 Å². The zero-order valence-electron chi connectivity index (χ0n) is 9.85. The van der Waals surface area contributed by atoms with Crippen molar-refractivity contribution in [2.45, 2.75) is 11.3 Å². The van der Waals surface area contributed by atoms with Crippen molar-refractivity contribution < 1.29 is 4.74 Å². The van der Waals surface area contributed by atoms with E-state index in [9.17, 15) is 0 Å². The highest BCUT2D eigenvalue weighted by molar-refractivity contribution is 7.97. The van der Waals surface area contributed by atoms with Crippen LogP contribution in [0.5, 0.6) is 5.75 Å². The molecule has 0 amide bonds. The number of nitrogen functional groups attached to an aromatic ring is 1. The first-order valence-electron chi connectivity index (χ1n) is 5.80. The van der Waals surface area contributed by atoms with Crippen molar-refractivity contribution >= 4 is 17.6 Å². The van der Waals surface area contributed by atoms with E-state index in [0.717, 1.165) is 40.5 Å². The van der Waals surface area contributed by atoms with Gasteiger partial charge in [-0.05, 0) is 52.9 Å². The van der Waals surface area contributed by atoms with Crippen molar-refractivity contribution in [2.75, 3.05) is 12.3 Å². The molecular weight excluding hydrogens is 244 g/mol. The maximum atomic E-state index is 5.82. The molecule has 1 heterocycles. The Morgan fingerprint density at radius 2 is 2.00 bits per heavy atom. The largest absolute Gasteiger partial charge is 0.492 e. The third-order valence-electron chi connectivity index (χ3n) is 3.10. The minimum absolute atomic E-state index is 0.739. The van der Waals surface area contributed by atoms with Crippen LogP contribution in [0.2, 0.25) is 0 Å². The second-order valence-electron chi connectivity index (χ2n) is 4.30. The quantitative estimate of drug-likeness (QED) is 0.642. The van der Waals surface area contributed by atoms with Crippen LogP contribution in [-0.2, 0) is 6.42 Å². The van der Waals surface area contributed by atoms with E-state index in [0.29, 0.717) is 0 Å². The van der Waals surface area contributed by atoms with Crippen LogP contribution in [-0.4, -0.2) is 6.61 Å². The SMILES string of the molecule is NSc1cc(-c2cccc(N)c2)cc2c1OCC2. The fourth-order valence-corrected chi connectivity index (χ4v) is 2.74. The van der Waals surface area contributed by atoms with Crippen LogP contribution in [0.1, 0.15) is 5.56 Å². The zero-order valence-corrected chi connectivity index (χ0v) is 10.7. The van der Waals surface area contributed by atoms with Crippen molar-refractivity contribution in [3.8, 4) is 16.9 Å². The standard InChI is InChI=1S/C14H14N2OS/c15-12-3-1-2-9(7-12)11-6-10-4-5-17-14(10)13(8-11)18-16/h1-3,6-8H,4-5,15-16H2. The van der Waals surface area contributed by atoms with E-state index >= 15 is 0 Å². The van der Waals surface area contributed by atoms with Gasteiger partial charge < -0.3 is 10.5 Å². The molecule has 1 aliphatic heterocycles. The van der Waals surface area contributed by atoms with Crippen molar-refractivity contribution in [1.82, 2.24) is 0 Å². The van der Waals surface area contributed by atoms with Gasteiger partial charge in [-0.25, -0.2) is 0 Å². The first-order valence-corrected chi connectivity index (χ1v) is 6.68. The monoisotopic (exact) mass is 258 g/mol. The van der Waals surface area contributed by atoms with Gasteiger partial charge in [0.15, 0.2) is 0 Å². The Labute approximate surface area is 110 Å². The Hall–Kier alpha value is -1.65. The van der Waals surface area contributed by atoms with Gasteiger partial charge in [-0.1, -0.05) is 12.1 Å². The molecule has 2 aromatic carbocycles. The average Bonchev–Trinajstić information content (AvgIpc) is 2.85. The molecule has 1 aliphatic rings. The van der Waals surface area contributed by atoms with Crippen LogP contribution in [0.15, 0.2) is 41.3 Å². The molecule has 0 spiro atoms. The molecule has 92 valence electrons. The Balaban J connectivity index is 2.13. The van der Waals surface area contributed by atoms with Crippen molar-refractivity contribution in [3.63, 3.8) is 0 Å². The minimum atomic E-state index is 0.739. The number of fused-ring (bicyclic) bond motifs is 1. The molecule has 0 saturated heterocycles. The predicted octanol–water partition coefficient (Wildman–Crippen LogP) is 2.84. The maximum Gasteiger partial charge on any atom is 0.137 e. The summed E-state index contributed by atoms with van der Waals surface area (Å²) >= 11 is 1.23. The number of nitrogens with two attached hydrogens (primary N) is 2. The topological polar surface area (TPSA) is 61.3 Å². The summed E-state index contributed by atoms with van der Waals surface area (Å²) in [4.78, 5) is 0.988. The molecule has 0 fully saturated rings. The van der Waals surface area contributed by atoms with Gasteiger partial charge in [0.2, 0.25) is 0 Å². The second-order valence-corrected chi connectivity index (χ2v) is 4.98. The van der Waals surface area contributed by atoms with E-state index in [1.807, 2.05) is 18.2 Å². The summed E-state index contributed by atoms with van der Waals surface area (Å²) in [5.74, 6) is 0.940. The van der Waals surface area contributed by atoms with E-state index in [4.69, 9.17) is 15.6 Å². The first-order chi connectivity index (χ1) is 8.78. The molecule has 4 heteroatoms. The number of rotatable bonds is 2. The third-order valence-corrected chi connectivity index (χ3v) is 3.65. The molecule has 0 aromatic heterocycles. The first kappa shape index (κ1) is 11.4. The number of benzene rings is 2. The van der Waals surface area contributed by atoms with Gasteiger partial charge in [-0.15, -0.1) is 0 Å². The fraction of sp³-hybridized carbons (Fsp3) is 0.143. The van der Waals surface area contributed by atoms with Crippen molar-refractivity contribution in [3.05, 3.63) is 42.0 Å². The summed E-state index contributed by atoms with van der Waals surface area (Å²) in [6.45, 7) is 0.739. The molecule has 0 bridgehead atoms. The van der Waals surface area contributed by atoms with Gasteiger partial charge in [0.25, 0.3) is 0 Å². The lowest BCUT2D eigenvalue weighted by molar-refractivity contribution is 0.350. The highest BCUT2D eigenvalue weighted by atomic mass is 32.2. The van der Waals surface area contributed by atoms with Gasteiger partial charge in [-0.3, -0.25) is 5.14 Å². The number of hydrogen-bond acceptors (Lipinski definition) is 4. The van der Waals surface area contributed by atoms with Gasteiger partial charge in [-0.2, -0.15) is 0 Å². The Morgan fingerprint density at radius 1 is 1.11 bits per heavy atom. The minimum Gasteiger partial charge on any atom is -0.492 e. The molecule has 0 atom stereocenters. The van der Waals surface area contributed by atoms with Crippen molar-refractivity contribution in [1.29, 1.82) is 0 Å². The summed E-state index contributed by atoms with van der Waals surface area (Å²) in [5.41, 5.74) is 10.1. The molecule has 3 rings (SSSR count). The number of anilines is 1. The van der Waals surface area contributed by atoms with E-state index in [1.165, 1.54) is 17.5 Å².